The minimum absolute atomic E-state index is 0.262. The van der Waals surface area contributed by atoms with Gasteiger partial charge in [0.05, 0.1) is 9.79 Å². The molecule has 0 aliphatic heterocycles. The summed E-state index contributed by atoms with van der Waals surface area (Å²) < 4.78 is 50.8. The number of sulfonamides is 2. The van der Waals surface area contributed by atoms with E-state index in [1.807, 2.05) is 0 Å². The molecule has 19 heavy (non-hydrogen) atoms. The van der Waals surface area contributed by atoms with Crippen molar-refractivity contribution in [2.75, 3.05) is 0 Å². The Labute approximate surface area is 112 Å². The zero-order valence-corrected chi connectivity index (χ0v) is 11.2. The summed E-state index contributed by atoms with van der Waals surface area (Å²) in [6.45, 7) is 0. The van der Waals surface area contributed by atoms with Crippen LogP contribution in [0.3, 0.4) is 0 Å². The van der Waals surface area contributed by atoms with Gasteiger partial charge in [-0.25, -0.2) is 9.59 Å². The number of halogens is 1. The minimum atomic E-state index is -4.42. The summed E-state index contributed by atoms with van der Waals surface area (Å²) in [7, 11) is -8.84. The van der Waals surface area contributed by atoms with Gasteiger partial charge in [-0.3, -0.25) is 0 Å². The zero-order chi connectivity index (χ0) is 14.7. The molecule has 0 saturated carbocycles. The van der Waals surface area contributed by atoms with E-state index in [-0.39, 0.29) is 5.02 Å². The number of carbonyl (C=O) groups excluding carboxylic acids is 2. The molecule has 0 amide bonds. The Morgan fingerprint density at radius 3 is 1.53 bits per heavy atom. The summed E-state index contributed by atoms with van der Waals surface area (Å²) in [5.74, 6) is 0. The van der Waals surface area contributed by atoms with Gasteiger partial charge in [0, 0.05) is 5.02 Å². The maximum atomic E-state index is 11.4. The van der Waals surface area contributed by atoms with E-state index in [0.717, 1.165) is 24.3 Å². The van der Waals surface area contributed by atoms with Crippen molar-refractivity contribution in [2.45, 2.75) is 9.79 Å². The number of isocyanates is 2. The Hall–Kier alpha value is -1.83. The summed E-state index contributed by atoms with van der Waals surface area (Å²) in [4.78, 5) is 18.6. The molecule has 0 aliphatic carbocycles. The van der Waals surface area contributed by atoms with E-state index in [2.05, 4.69) is 8.80 Å². The summed E-state index contributed by atoms with van der Waals surface area (Å²) in [5, 5.41) is -0.262. The fourth-order valence-electron chi connectivity index (χ4n) is 1.04. The maximum absolute atomic E-state index is 11.4. The fraction of sp³-hybridized carbons (Fsp3) is 0. The van der Waals surface area contributed by atoms with E-state index in [4.69, 9.17) is 11.6 Å². The van der Waals surface area contributed by atoms with Crippen molar-refractivity contribution in [3.05, 3.63) is 23.2 Å². The van der Waals surface area contributed by atoms with Crippen molar-refractivity contribution in [2.24, 2.45) is 8.80 Å². The number of rotatable bonds is 4. The first-order chi connectivity index (χ1) is 8.73. The molecule has 0 N–H and O–H groups in total. The molecule has 1 aromatic rings. The summed E-state index contributed by atoms with van der Waals surface area (Å²) in [6, 6.07) is 2.40. The third kappa shape index (κ3) is 3.57. The van der Waals surface area contributed by atoms with Crippen LogP contribution in [-0.4, -0.2) is 29.0 Å². The molecule has 0 spiro atoms. The van der Waals surface area contributed by atoms with Crippen LogP contribution in [-0.2, 0) is 29.6 Å². The second-order valence-electron chi connectivity index (χ2n) is 2.94. The van der Waals surface area contributed by atoms with Crippen molar-refractivity contribution in [1.29, 1.82) is 0 Å². The molecule has 0 unspecified atom stereocenters. The van der Waals surface area contributed by atoms with Crippen molar-refractivity contribution in [1.82, 2.24) is 0 Å². The molecule has 0 heterocycles. The Morgan fingerprint density at radius 2 is 1.21 bits per heavy atom. The average molecular weight is 323 g/mol. The van der Waals surface area contributed by atoms with Gasteiger partial charge in [0.25, 0.3) is 32.2 Å². The van der Waals surface area contributed by atoms with Gasteiger partial charge in [0.15, 0.2) is 0 Å². The lowest BCUT2D eigenvalue weighted by Crippen LogP contribution is -2.01. The van der Waals surface area contributed by atoms with Crippen LogP contribution >= 0.6 is 11.6 Å². The van der Waals surface area contributed by atoms with E-state index < -0.39 is 29.8 Å². The van der Waals surface area contributed by atoms with Gasteiger partial charge in [0.2, 0.25) is 0 Å². The smallest absolute Gasteiger partial charge is 0.210 e. The van der Waals surface area contributed by atoms with Gasteiger partial charge in [-0.05, 0) is 18.2 Å². The highest BCUT2D eigenvalue weighted by Gasteiger charge is 2.20. The molecule has 0 aromatic heterocycles. The molecule has 1 aromatic carbocycles. The number of nitrogens with zero attached hydrogens (tertiary/aromatic N) is 2. The van der Waals surface area contributed by atoms with Crippen LogP contribution in [0.4, 0.5) is 0 Å². The first-order valence-electron chi connectivity index (χ1n) is 4.22. The summed E-state index contributed by atoms with van der Waals surface area (Å²) >= 11 is 5.55. The third-order valence-electron chi connectivity index (χ3n) is 1.76. The van der Waals surface area contributed by atoms with E-state index in [0.29, 0.717) is 6.07 Å². The lowest BCUT2D eigenvalue weighted by molar-refractivity contribution is 0.562. The van der Waals surface area contributed by atoms with Crippen LogP contribution in [0, 0.1) is 0 Å². The molecule has 0 bridgehead atoms. The third-order valence-corrected chi connectivity index (χ3v) is 4.27. The Bertz CT molecular complexity index is 751. The van der Waals surface area contributed by atoms with Gasteiger partial charge < -0.3 is 0 Å². The van der Waals surface area contributed by atoms with Crippen molar-refractivity contribution in [3.8, 4) is 0 Å². The highest BCUT2D eigenvalue weighted by Crippen LogP contribution is 2.24. The summed E-state index contributed by atoms with van der Waals surface area (Å²) in [5.41, 5.74) is 0. The monoisotopic (exact) mass is 322 g/mol. The van der Waals surface area contributed by atoms with Crippen LogP contribution in [0.25, 0.3) is 0 Å². The Kier molecular flexibility index (Phi) is 4.35. The predicted molar refractivity (Wildman–Crippen MR) is 62.1 cm³/mol. The minimum Gasteiger partial charge on any atom is -0.210 e. The highest BCUT2D eigenvalue weighted by molar-refractivity contribution is 7.91. The second-order valence-corrected chi connectivity index (χ2v) is 6.58. The van der Waals surface area contributed by atoms with Crippen LogP contribution in [0.1, 0.15) is 0 Å². The Morgan fingerprint density at radius 1 is 0.842 bits per heavy atom. The quantitative estimate of drug-likeness (QED) is 0.582. The van der Waals surface area contributed by atoms with Gasteiger partial charge in [-0.2, -0.15) is 16.8 Å². The van der Waals surface area contributed by atoms with Gasteiger partial charge in [0.1, 0.15) is 0 Å². The Balaban J connectivity index is 3.64. The standard InChI is InChI=1S/C8H3ClN2O6S2/c9-6-1-7(18(14,15)10-4-12)3-8(2-6)19(16,17)11-5-13/h1-3H. The van der Waals surface area contributed by atoms with Gasteiger partial charge >= 0.3 is 0 Å². The lowest BCUT2D eigenvalue weighted by atomic mass is 10.4. The topological polar surface area (TPSA) is 127 Å². The first-order valence-corrected chi connectivity index (χ1v) is 7.47. The SMILES string of the molecule is O=C=NS(=O)(=O)c1cc(Cl)cc(S(=O)(=O)N=C=O)c1. The molecule has 0 saturated heterocycles. The van der Waals surface area contributed by atoms with E-state index in [9.17, 15) is 26.4 Å². The molecule has 0 radical (unpaired) electrons. The van der Waals surface area contributed by atoms with Gasteiger partial charge in [-0.1, -0.05) is 20.4 Å². The molecule has 11 heteroatoms. The molecule has 0 fully saturated rings. The molecular formula is C8H3ClN2O6S2. The van der Waals surface area contributed by atoms with Crippen LogP contribution in [0.15, 0.2) is 36.8 Å². The van der Waals surface area contributed by atoms with Crippen molar-refractivity contribution >= 4 is 43.8 Å². The average Bonchev–Trinajstić information content (AvgIpc) is 2.28. The normalized spacial score (nSPS) is 11.2. The zero-order valence-electron chi connectivity index (χ0n) is 8.77. The first kappa shape index (κ1) is 15.2. The lowest BCUT2D eigenvalue weighted by Gasteiger charge is -2.02. The second kappa shape index (κ2) is 5.43. The predicted octanol–water partition coefficient (Wildman–Crippen LogP) is 0.389. The van der Waals surface area contributed by atoms with E-state index in [1.54, 1.807) is 0 Å². The molecule has 100 valence electrons. The van der Waals surface area contributed by atoms with Crippen LogP contribution < -0.4 is 0 Å². The van der Waals surface area contributed by atoms with E-state index in [1.165, 1.54) is 0 Å². The molecule has 0 aliphatic rings. The number of hydrogen-bond acceptors (Lipinski definition) is 6. The number of hydrogen-bond donors (Lipinski definition) is 0. The highest BCUT2D eigenvalue weighted by atomic mass is 35.5. The van der Waals surface area contributed by atoms with E-state index >= 15 is 0 Å². The summed E-state index contributed by atoms with van der Waals surface area (Å²) in [6.07, 6.45) is 1.64. The molecular weight excluding hydrogens is 320 g/mol. The fourth-order valence-corrected chi connectivity index (χ4v) is 2.99. The maximum Gasteiger partial charge on any atom is 0.292 e. The van der Waals surface area contributed by atoms with Crippen LogP contribution in [0.2, 0.25) is 5.02 Å². The molecule has 0 atom stereocenters. The van der Waals surface area contributed by atoms with Crippen molar-refractivity contribution in [3.63, 3.8) is 0 Å². The van der Waals surface area contributed by atoms with Gasteiger partial charge in [-0.15, -0.1) is 0 Å². The molecule has 8 nitrogen and oxygen atoms in total. The molecule has 1 rings (SSSR count). The van der Waals surface area contributed by atoms with Crippen LogP contribution in [0.5, 0.6) is 0 Å². The largest absolute Gasteiger partial charge is 0.292 e. The van der Waals surface area contributed by atoms with Crippen molar-refractivity contribution < 1.29 is 26.4 Å². The number of benzene rings is 1.